The molecule has 0 atom stereocenters. The Hall–Kier alpha value is -0.870. The Morgan fingerprint density at radius 1 is 1.44 bits per heavy atom. The Balaban J connectivity index is 2.89. The van der Waals surface area contributed by atoms with Crippen LogP contribution in [0.1, 0.15) is 29.8 Å². The maximum absolute atomic E-state index is 11.9. The van der Waals surface area contributed by atoms with Crippen LogP contribution < -0.4 is 5.32 Å². The Morgan fingerprint density at radius 3 is 2.56 bits per heavy atom. The second-order valence-electron chi connectivity index (χ2n) is 4.51. The fraction of sp³-hybridized carbons (Fsp3) is 0.417. The van der Waals surface area contributed by atoms with E-state index >= 15 is 0 Å². The molecule has 0 fully saturated rings. The molecular formula is C12H16BrNO2. The van der Waals surface area contributed by atoms with Crippen LogP contribution in [0.25, 0.3) is 0 Å². The highest BCUT2D eigenvalue weighted by molar-refractivity contribution is 9.10. The fourth-order valence-corrected chi connectivity index (χ4v) is 1.89. The molecule has 1 aromatic rings. The van der Waals surface area contributed by atoms with Crippen molar-refractivity contribution in [1.29, 1.82) is 0 Å². The van der Waals surface area contributed by atoms with Gasteiger partial charge >= 0.3 is 0 Å². The average molecular weight is 286 g/mol. The van der Waals surface area contributed by atoms with Crippen molar-refractivity contribution in [1.82, 2.24) is 5.32 Å². The molecule has 1 aromatic carbocycles. The van der Waals surface area contributed by atoms with Gasteiger partial charge in [-0.3, -0.25) is 4.79 Å². The summed E-state index contributed by atoms with van der Waals surface area (Å²) in [5, 5.41) is 11.8. The first kappa shape index (κ1) is 13.2. The summed E-state index contributed by atoms with van der Waals surface area (Å²) in [6.45, 7) is 5.38. The van der Waals surface area contributed by atoms with E-state index in [9.17, 15) is 4.79 Å². The average Bonchev–Trinajstić information content (AvgIpc) is 2.15. The molecule has 0 aliphatic heterocycles. The van der Waals surface area contributed by atoms with Gasteiger partial charge in [0, 0.05) is 10.0 Å². The minimum absolute atomic E-state index is 0.0915. The predicted molar refractivity (Wildman–Crippen MR) is 67.5 cm³/mol. The van der Waals surface area contributed by atoms with Gasteiger partial charge < -0.3 is 10.4 Å². The third kappa shape index (κ3) is 3.61. The van der Waals surface area contributed by atoms with E-state index in [0.29, 0.717) is 5.56 Å². The van der Waals surface area contributed by atoms with Crippen LogP contribution in [0.2, 0.25) is 0 Å². The summed E-state index contributed by atoms with van der Waals surface area (Å²) in [4.78, 5) is 11.9. The van der Waals surface area contributed by atoms with E-state index in [2.05, 4.69) is 21.2 Å². The summed E-state index contributed by atoms with van der Waals surface area (Å²) >= 11 is 3.35. The number of carbonyl (C=O) groups excluding carboxylic acids is 1. The molecule has 1 rings (SSSR count). The first-order valence-electron chi connectivity index (χ1n) is 5.04. The molecule has 2 N–H and O–H groups in total. The van der Waals surface area contributed by atoms with Crippen molar-refractivity contribution in [2.24, 2.45) is 0 Å². The molecule has 16 heavy (non-hydrogen) atoms. The van der Waals surface area contributed by atoms with Crippen LogP contribution in [-0.2, 0) is 0 Å². The molecule has 0 spiro atoms. The highest BCUT2D eigenvalue weighted by Crippen LogP contribution is 2.16. The number of benzene rings is 1. The smallest absolute Gasteiger partial charge is 0.251 e. The van der Waals surface area contributed by atoms with Crippen molar-refractivity contribution in [3.63, 3.8) is 0 Å². The Kier molecular flexibility index (Phi) is 4.10. The van der Waals surface area contributed by atoms with Gasteiger partial charge in [0.2, 0.25) is 0 Å². The van der Waals surface area contributed by atoms with Crippen LogP contribution in [0.3, 0.4) is 0 Å². The van der Waals surface area contributed by atoms with Gasteiger partial charge in [0.1, 0.15) is 0 Å². The second-order valence-corrected chi connectivity index (χ2v) is 5.43. The highest BCUT2D eigenvalue weighted by Gasteiger charge is 2.20. The van der Waals surface area contributed by atoms with Gasteiger partial charge in [-0.15, -0.1) is 0 Å². The number of aliphatic hydroxyl groups is 1. The largest absolute Gasteiger partial charge is 0.394 e. The molecule has 0 saturated carbocycles. The first-order chi connectivity index (χ1) is 7.34. The minimum Gasteiger partial charge on any atom is -0.394 e. The molecule has 4 heteroatoms. The molecule has 0 heterocycles. The number of hydrogen-bond acceptors (Lipinski definition) is 2. The molecule has 0 aromatic heterocycles. The maximum atomic E-state index is 11.9. The standard InChI is InChI=1S/C12H16BrNO2/c1-8-4-9(6-10(13)5-8)11(16)14-12(2,3)7-15/h4-6,15H,7H2,1-3H3,(H,14,16). The molecule has 0 saturated heterocycles. The monoisotopic (exact) mass is 285 g/mol. The lowest BCUT2D eigenvalue weighted by atomic mass is 10.1. The summed E-state index contributed by atoms with van der Waals surface area (Å²) in [6, 6.07) is 5.51. The van der Waals surface area contributed by atoms with E-state index in [0.717, 1.165) is 10.0 Å². The van der Waals surface area contributed by atoms with Gasteiger partial charge in [-0.2, -0.15) is 0 Å². The maximum Gasteiger partial charge on any atom is 0.251 e. The number of carbonyl (C=O) groups is 1. The number of nitrogens with one attached hydrogen (secondary N) is 1. The van der Waals surface area contributed by atoms with Crippen molar-refractivity contribution in [2.75, 3.05) is 6.61 Å². The Labute approximate surface area is 104 Å². The van der Waals surface area contributed by atoms with Crippen LogP contribution >= 0.6 is 15.9 Å². The van der Waals surface area contributed by atoms with Gasteiger partial charge in [-0.1, -0.05) is 15.9 Å². The van der Waals surface area contributed by atoms with E-state index in [-0.39, 0.29) is 12.5 Å². The number of halogens is 1. The molecule has 1 amide bonds. The Morgan fingerprint density at radius 2 is 2.06 bits per heavy atom. The van der Waals surface area contributed by atoms with Gasteiger partial charge in [0.05, 0.1) is 12.1 Å². The van der Waals surface area contributed by atoms with Crippen LogP contribution in [0.5, 0.6) is 0 Å². The predicted octanol–water partition coefficient (Wildman–Crippen LogP) is 2.26. The summed E-state index contributed by atoms with van der Waals surface area (Å²) in [7, 11) is 0. The molecule has 3 nitrogen and oxygen atoms in total. The SMILES string of the molecule is Cc1cc(Br)cc(C(=O)NC(C)(C)CO)c1. The molecule has 0 aliphatic carbocycles. The van der Waals surface area contributed by atoms with E-state index in [1.165, 1.54) is 0 Å². The topological polar surface area (TPSA) is 49.3 Å². The lowest BCUT2D eigenvalue weighted by molar-refractivity contribution is 0.0869. The fourth-order valence-electron chi connectivity index (χ4n) is 1.29. The molecule has 0 radical (unpaired) electrons. The summed E-state index contributed by atoms with van der Waals surface area (Å²) in [5.74, 6) is -0.177. The second kappa shape index (κ2) is 4.97. The number of rotatable bonds is 3. The van der Waals surface area contributed by atoms with Gasteiger partial charge in [0.25, 0.3) is 5.91 Å². The quantitative estimate of drug-likeness (QED) is 0.895. The number of hydrogen-bond donors (Lipinski definition) is 2. The van der Waals surface area contributed by atoms with Crippen LogP contribution in [0.15, 0.2) is 22.7 Å². The van der Waals surface area contributed by atoms with E-state index in [1.807, 2.05) is 19.1 Å². The minimum atomic E-state index is -0.604. The van der Waals surface area contributed by atoms with Gasteiger partial charge in [-0.25, -0.2) is 0 Å². The molecule has 88 valence electrons. The number of aliphatic hydroxyl groups excluding tert-OH is 1. The number of aryl methyl sites for hydroxylation is 1. The van der Waals surface area contributed by atoms with Crippen molar-refractivity contribution in [2.45, 2.75) is 26.3 Å². The summed E-state index contributed by atoms with van der Waals surface area (Å²) in [5.41, 5.74) is 1.00. The van der Waals surface area contributed by atoms with E-state index < -0.39 is 5.54 Å². The zero-order valence-corrected chi connectivity index (χ0v) is 11.3. The molecule has 0 unspecified atom stereocenters. The van der Waals surface area contributed by atoms with Crippen LogP contribution in [0, 0.1) is 6.92 Å². The lowest BCUT2D eigenvalue weighted by Crippen LogP contribution is -2.46. The molecule has 0 aliphatic rings. The van der Waals surface area contributed by atoms with Crippen LogP contribution in [-0.4, -0.2) is 23.2 Å². The zero-order chi connectivity index (χ0) is 12.3. The third-order valence-electron chi connectivity index (χ3n) is 2.15. The number of amides is 1. The molecular weight excluding hydrogens is 270 g/mol. The highest BCUT2D eigenvalue weighted by atomic mass is 79.9. The summed E-state index contributed by atoms with van der Waals surface area (Å²) in [6.07, 6.45) is 0. The van der Waals surface area contributed by atoms with Crippen molar-refractivity contribution in [3.05, 3.63) is 33.8 Å². The van der Waals surface area contributed by atoms with Crippen molar-refractivity contribution in [3.8, 4) is 0 Å². The third-order valence-corrected chi connectivity index (χ3v) is 2.61. The van der Waals surface area contributed by atoms with Crippen LogP contribution in [0.4, 0.5) is 0 Å². The summed E-state index contributed by atoms with van der Waals surface area (Å²) < 4.78 is 0.874. The van der Waals surface area contributed by atoms with Crippen molar-refractivity contribution < 1.29 is 9.90 Å². The zero-order valence-electron chi connectivity index (χ0n) is 9.67. The Bertz CT molecular complexity index is 382. The molecule has 0 bridgehead atoms. The van der Waals surface area contributed by atoms with E-state index in [4.69, 9.17) is 5.11 Å². The van der Waals surface area contributed by atoms with Gasteiger partial charge in [0.15, 0.2) is 0 Å². The van der Waals surface area contributed by atoms with E-state index in [1.54, 1.807) is 19.9 Å². The lowest BCUT2D eigenvalue weighted by Gasteiger charge is -2.23. The first-order valence-corrected chi connectivity index (χ1v) is 5.84. The van der Waals surface area contributed by atoms with Gasteiger partial charge in [-0.05, 0) is 44.5 Å². The van der Waals surface area contributed by atoms with Crippen molar-refractivity contribution >= 4 is 21.8 Å². The normalized spacial score (nSPS) is 11.3.